The summed E-state index contributed by atoms with van der Waals surface area (Å²) in [6, 6.07) is 16.9. The lowest BCUT2D eigenvalue weighted by Crippen LogP contribution is -2.30. The van der Waals surface area contributed by atoms with E-state index in [2.05, 4.69) is 0 Å². The predicted octanol–water partition coefficient (Wildman–Crippen LogP) is 4.27. The van der Waals surface area contributed by atoms with E-state index < -0.39 is 0 Å². The Balaban J connectivity index is 1.25. The molecule has 2 aromatic rings. The number of rotatable bonds is 10. The number of fused-ring (bicyclic) bond motifs is 1. The molecule has 136 valence electrons. The van der Waals surface area contributed by atoms with E-state index in [4.69, 9.17) is 4.74 Å². The average Bonchev–Trinajstić information content (AvgIpc) is 2.92. The number of carbonyl (C=O) groups excluding carboxylic acids is 2. The van der Waals surface area contributed by atoms with Crippen molar-refractivity contribution < 1.29 is 14.3 Å². The molecule has 2 aromatic carbocycles. The fourth-order valence-corrected chi connectivity index (χ4v) is 3.82. The maximum atomic E-state index is 12.2. The molecule has 2 amide bonds. The molecule has 0 saturated carbocycles. The maximum absolute atomic E-state index is 12.2. The topological polar surface area (TPSA) is 46.6 Å². The van der Waals surface area contributed by atoms with Crippen LogP contribution >= 0.6 is 11.8 Å². The number of thioether (sulfide) groups is 1. The molecule has 0 aromatic heterocycles. The highest BCUT2D eigenvalue weighted by molar-refractivity contribution is 7.99. The van der Waals surface area contributed by atoms with Gasteiger partial charge in [-0.25, -0.2) is 0 Å². The van der Waals surface area contributed by atoms with Crippen LogP contribution in [0.2, 0.25) is 0 Å². The molecule has 3 rings (SSSR count). The molecule has 0 aliphatic carbocycles. The Morgan fingerprint density at radius 3 is 2.08 bits per heavy atom. The van der Waals surface area contributed by atoms with Crippen molar-refractivity contribution in [2.45, 2.75) is 19.3 Å². The number of benzene rings is 2. The number of unbranched alkanes of at least 4 members (excludes halogenated alkanes) is 1. The van der Waals surface area contributed by atoms with E-state index in [1.807, 2.05) is 42.1 Å². The molecule has 0 fully saturated rings. The van der Waals surface area contributed by atoms with Gasteiger partial charge in [-0.15, -0.1) is 0 Å². The first-order valence-electron chi connectivity index (χ1n) is 8.98. The van der Waals surface area contributed by atoms with Crippen LogP contribution in [0.5, 0.6) is 5.75 Å². The molecule has 0 saturated heterocycles. The summed E-state index contributed by atoms with van der Waals surface area (Å²) in [6.07, 6.45) is 2.86. The van der Waals surface area contributed by atoms with Gasteiger partial charge in [-0.1, -0.05) is 30.3 Å². The number of nitrogens with zero attached hydrogens (tertiary/aromatic N) is 1. The van der Waals surface area contributed by atoms with Gasteiger partial charge in [0, 0.05) is 6.54 Å². The van der Waals surface area contributed by atoms with Crippen LogP contribution in [0.1, 0.15) is 40.0 Å². The Morgan fingerprint density at radius 1 is 0.769 bits per heavy atom. The van der Waals surface area contributed by atoms with Crippen molar-refractivity contribution in [3.05, 3.63) is 65.7 Å². The Bertz CT molecular complexity index is 713. The second kappa shape index (κ2) is 9.43. The molecular formula is C21H23NO3S. The highest BCUT2D eigenvalue weighted by atomic mass is 32.2. The van der Waals surface area contributed by atoms with Gasteiger partial charge in [0.25, 0.3) is 11.8 Å². The minimum Gasteiger partial charge on any atom is -0.494 e. The van der Waals surface area contributed by atoms with E-state index in [-0.39, 0.29) is 11.8 Å². The van der Waals surface area contributed by atoms with Crippen LogP contribution in [0, 0.1) is 0 Å². The number of carbonyl (C=O) groups is 2. The lowest BCUT2D eigenvalue weighted by atomic mass is 10.1. The van der Waals surface area contributed by atoms with Gasteiger partial charge in [0.1, 0.15) is 5.75 Å². The predicted molar refractivity (Wildman–Crippen MR) is 105 cm³/mol. The smallest absolute Gasteiger partial charge is 0.261 e. The third-order valence-electron chi connectivity index (χ3n) is 4.24. The molecule has 0 atom stereocenters. The average molecular weight is 369 g/mol. The fraction of sp³-hybridized carbons (Fsp3) is 0.333. The van der Waals surface area contributed by atoms with Gasteiger partial charge >= 0.3 is 0 Å². The third-order valence-corrected chi connectivity index (χ3v) is 5.40. The lowest BCUT2D eigenvalue weighted by Gasteiger charge is -2.13. The summed E-state index contributed by atoms with van der Waals surface area (Å²) in [7, 11) is 0. The van der Waals surface area contributed by atoms with Gasteiger partial charge in [0.15, 0.2) is 0 Å². The van der Waals surface area contributed by atoms with Crippen molar-refractivity contribution in [2.24, 2.45) is 0 Å². The summed E-state index contributed by atoms with van der Waals surface area (Å²) in [5.74, 6) is 2.69. The van der Waals surface area contributed by atoms with Crippen molar-refractivity contribution in [1.29, 1.82) is 0 Å². The Labute approximate surface area is 158 Å². The van der Waals surface area contributed by atoms with Crippen molar-refractivity contribution >= 4 is 23.6 Å². The second-order valence-corrected chi connectivity index (χ2v) is 7.37. The third kappa shape index (κ3) is 4.67. The van der Waals surface area contributed by atoms with E-state index in [1.54, 1.807) is 24.3 Å². The van der Waals surface area contributed by atoms with E-state index >= 15 is 0 Å². The van der Waals surface area contributed by atoms with E-state index in [1.165, 1.54) is 4.90 Å². The Morgan fingerprint density at radius 2 is 1.38 bits per heavy atom. The largest absolute Gasteiger partial charge is 0.494 e. The fourth-order valence-electron chi connectivity index (χ4n) is 2.89. The van der Waals surface area contributed by atoms with Crippen molar-refractivity contribution in [1.82, 2.24) is 4.90 Å². The number of hydrogen-bond acceptors (Lipinski definition) is 4. The van der Waals surface area contributed by atoms with Crippen LogP contribution < -0.4 is 4.74 Å². The van der Waals surface area contributed by atoms with Gasteiger partial charge in [-0.3, -0.25) is 14.5 Å². The molecule has 1 aliphatic heterocycles. The molecule has 0 radical (unpaired) electrons. The summed E-state index contributed by atoms with van der Waals surface area (Å²) >= 11 is 1.89. The quantitative estimate of drug-likeness (QED) is 0.464. The molecule has 0 unspecified atom stereocenters. The Hall–Kier alpha value is -2.27. The zero-order valence-electron chi connectivity index (χ0n) is 14.7. The second-order valence-electron chi connectivity index (χ2n) is 6.14. The van der Waals surface area contributed by atoms with Gasteiger partial charge in [-0.2, -0.15) is 11.8 Å². The minimum atomic E-state index is -0.156. The number of amides is 2. The van der Waals surface area contributed by atoms with Crippen LogP contribution in [-0.2, 0) is 0 Å². The summed E-state index contributed by atoms with van der Waals surface area (Å²) in [5, 5.41) is 0. The zero-order chi connectivity index (χ0) is 18.2. The summed E-state index contributed by atoms with van der Waals surface area (Å²) in [6.45, 7) is 1.23. The lowest BCUT2D eigenvalue weighted by molar-refractivity contribution is 0.0652. The SMILES string of the molecule is O=C1c2ccccc2C(=O)N1CCCCSCCCOc1ccccc1. The first-order chi connectivity index (χ1) is 12.8. The standard InChI is InChI=1S/C21H23NO3S/c23-20-18-11-4-5-12-19(18)21(24)22(20)13-6-7-15-26-16-8-14-25-17-9-2-1-3-10-17/h1-5,9-12H,6-8,13-16H2. The molecular weight excluding hydrogens is 346 g/mol. The molecule has 0 N–H and O–H groups in total. The molecule has 0 bridgehead atoms. The van der Waals surface area contributed by atoms with Crippen LogP contribution in [0.25, 0.3) is 0 Å². The Kier molecular flexibility index (Phi) is 6.72. The normalized spacial score (nSPS) is 13.2. The van der Waals surface area contributed by atoms with E-state index in [0.717, 1.165) is 43.1 Å². The van der Waals surface area contributed by atoms with Gasteiger partial charge < -0.3 is 4.74 Å². The molecule has 5 heteroatoms. The van der Waals surface area contributed by atoms with Crippen LogP contribution in [-0.4, -0.2) is 41.4 Å². The first kappa shape index (κ1) is 18.5. The number of ether oxygens (including phenoxy) is 1. The number of para-hydroxylation sites is 1. The number of imide groups is 1. The van der Waals surface area contributed by atoms with Gasteiger partial charge in [0.05, 0.1) is 17.7 Å². The van der Waals surface area contributed by atoms with Crippen molar-refractivity contribution in [2.75, 3.05) is 24.7 Å². The van der Waals surface area contributed by atoms with Crippen molar-refractivity contribution in [3.63, 3.8) is 0 Å². The highest BCUT2D eigenvalue weighted by Crippen LogP contribution is 2.22. The summed E-state index contributed by atoms with van der Waals surface area (Å²) < 4.78 is 5.66. The van der Waals surface area contributed by atoms with Gasteiger partial charge in [0.2, 0.25) is 0 Å². The van der Waals surface area contributed by atoms with Crippen LogP contribution in [0.15, 0.2) is 54.6 Å². The minimum absolute atomic E-state index is 0.156. The zero-order valence-corrected chi connectivity index (χ0v) is 15.5. The van der Waals surface area contributed by atoms with Crippen LogP contribution in [0.3, 0.4) is 0 Å². The molecule has 4 nitrogen and oxygen atoms in total. The molecule has 1 heterocycles. The van der Waals surface area contributed by atoms with Crippen LogP contribution in [0.4, 0.5) is 0 Å². The molecule has 0 spiro atoms. The maximum Gasteiger partial charge on any atom is 0.261 e. The highest BCUT2D eigenvalue weighted by Gasteiger charge is 2.34. The molecule has 26 heavy (non-hydrogen) atoms. The monoisotopic (exact) mass is 369 g/mol. The van der Waals surface area contributed by atoms with Crippen molar-refractivity contribution in [3.8, 4) is 5.75 Å². The summed E-state index contributed by atoms with van der Waals surface area (Å²) in [5.41, 5.74) is 1.07. The van der Waals surface area contributed by atoms with E-state index in [0.29, 0.717) is 17.7 Å². The van der Waals surface area contributed by atoms with E-state index in [9.17, 15) is 9.59 Å². The van der Waals surface area contributed by atoms with Gasteiger partial charge in [-0.05, 0) is 55.0 Å². The molecule has 1 aliphatic rings. The summed E-state index contributed by atoms with van der Waals surface area (Å²) in [4.78, 5) is 25.9. The first-order valence-corrected chi connectivity index (χ1v) is 10.1. The number of hydrogen-bond donors (Lipinski definition) is 0.